The molecule has 3 nitrogen and oxygen atoms in total. The standard InChI is InChI=1S/C22H23NO2/c1-15-14-17(16-8-4-2-5-9-16)10-11-18(15)19-20(24)22(23-21(19)25)12-6-3-7-13-22/h2,4-5,8-11,14,24H,3,6-7,12-13H2,1H3,(H,23,25). The van der Waals surface area contributed by atoms with Crippen molar-refractivity contribution in [1.82, 2.24) is 5.32 Å². The molecule has 1 amide bonds. The molecule has 1 fully saturated rings. The molecular formula is C22H23NO2. The first-order valence-electron chi connectivity index (χ1n) is 9.03. The molecule has 1 spiro atoms. The topological polar surface area (TPSA) is 49.3 Å². The smallest absolute Gasteiger partial charge is 0.256 e. The summed E-state index contributed by atoms with van der Waals surface area (Å²) in [6.45, 7) is 2.00. The Kier molecular flexibility index (Phi) is 3.87. The number of benzene rings is 2. The van der Waals surface area contributed by atoms with E-state index in [0.717, 1.165) is 47.9 Å². The molecule has 25 heavy (non-hydrogen) atoms. The molecule has 2 N–H and O–H groups in total. The number of nitrogens with one attached hydrogen (secondary N) is 1. The highest BCUT2D eigenvalue weighted by atomic mass is 16.3. The lowest BCUT2D eigenvalue weighted by Crippen LogP contribution is -2.46. The molecule has 0 saturated heterocycles. The van der Waals surface area contributed by atoms with Crippen LogP contribution in [0.5, 0.6) is 0 Å². The zero-order chi connectivity index (χ0) is 17.4. The van der Waals surface area contributed by atoms with E-state index in [-0.39, 0.29) is 11.7 Å². The Balaban J connectivity index is 1.75. The van der Waals surface area contributed by atoms with E-state index >= 15 is 0 Å². The molecule has 1 heterocycles. The summed E-state index contributed by atoms with van der Waals surface area (Å²) in [5, 5.41) is 14.0. The highest BCUT2D eigenvalue weighted by molar-refractivity contribution is 6.23. The van der Waals surface area contributed by atoms with Gasteiger partial charge in [0, 0.05) is 0 Å². The maximum Gasteiger partial charge on any atom is 0.256 e. The summed E-state index contributed by atoms with van der Waals surface area (Å²) in [5.41, 5.74) is 4.03. The minimum atomic E-state index is -0.533. The normalized spacial score (nSPS) is 19.3. The van der Waals surface area contributed by atoms with Gasteiger partial charge in [-0.3, -0.25) is 4.79 Å². The lowest BCUT2D eigenvalue weighted by atomic mass is 9.80. The average Bonchev–Trinajstić information content (AvgIpc) is 2.86. The van der Waals surface area contributed by atoms with Gasteiger partial charge in [-0.25, -0.2) is 0 Å². The molecule has 0 aromatic heterocycles. The van der Waals surface area contributed by atoms with Gasteiger partial charge in [0.15, 0.2) is 0 Å². The van der Waals surface area contributed by atoms with Gasteiger partial charge in [-0.1, -0.05) is 67.8 Å². The Bertz CT molecular complexity index is 846. The fraction of sp³-hybridized carbons (Fsp3) is 0.318. The Morgan fingerprint density at radius 3 is 2.36 bits per heavy atom. The van der Waals surface area contributed by atoms with Crippen molar-refractivity contribution in [2.45, 2.75) is 44.6 Å². The zero-order valence-corrected chi connectivity index (χ0v) is 14.5. The maximum absolute atomic E-state index is 12.6. The summed E-state index contributed by atoms with van der Waals surface area (Å²) in [6, 6.07) is 16.3. The molecule has 0 radical (unpaired) electrons. The van der Waals surface area contributed by atoms with Gasteiger partial charge in [-0.05, 0) is 42.0 Å². The van der Waals surface area contributed by atoms with Crippen LogP contribution in [0.4, 0.5) is 0 Å². The van der Waals surface area contributed by atoms with Gasteiger partial charge in [0.05, 0.1) is 11.1 Å². The second kappa shape index (κ2) is 6.07. The largest absolute Gasteiger partial charge is 0.509 e. The van der Waals surface area contributed by atoms with E-state index in [1.165, 1.54) is 6.42 Å². The number of aliphatic hydroxyl groups is 1. The third-order valence-corrected chi connectivity index (χ3v) is 5.58. The second-order valence-electron chi connectivity index (χ2n) is 7.22. The van der Waals surface area contributed by atoms with E-state index < -0.39 is 5.54 Å². The maximum atomic E-state index is 12.6. The fourth-order valence-corrected chi connectivity index (χ4v) is 4.21. The number of rotatable bonds is 2. The molecule has 2 aromatic carbocycles. The molecule has 0 unspecified atom stereocenters. The minimum Gasteiger partial charge on any atom is -0.509 e. The van der Waals surface area contributed by atoms with Crippen LogP contribution in [0.2, 0.25) is 0 Å². The van der Waals surface area contributed by atoms with E-state index in [1.54, 1.807) is 0 Å². The van der Waals surface area contributed by atoms with Crippen molar-refractivity contribution in [1.29, 1.82) is 0 Å². The number of aryl methyl sites for hydroxylation is 1. The van der Waals surface area contributed by atoms with Gasteiger partial charge in [-0.15, -0.1) is 0 Å². The number of aliphatic hydroxyl groups excluding tert-OH is 1. The monoisotopic (exact) mass is 333 g/mol. The number of hydrogen-bond acceptors (Lipinski definition) is 2. The van der Waals surface area contributed by atoms with E-state index in [4.69, 9.17) is 0 Å². The Morgan fingerprint density at radius 1 is 0.960 bits per heavy atom. The van der Waals surface area contributed by atoms with Crippen LogP contribution in [0.25, 0.3) is 16.7 Å². The van der Waals surface area contributed by atoms with Crippen molar-refractivity contribution in [3.63, 3.8) is 0 Å². The van der Waals surface area contributed by atoms with Gasteiger partial charge in [0.25, 0.3) is 5.91 Å². The van der Waals surface area contributed by atoms with E-state index in [2.05, 4.69) is 23.5 Å². The van der Waals surface area contributed by atoms with Crippen molar-refractivity contribution in [3.8, 4) is 11.1 Å². The molecular weight excluding hydrogens is 310 g/mol. The molecule has 1 aliphatic carbocycles. The first-order chi connectivity index (χ1) is 12.1. The molecule has 0 atom stereocenters. The summed E-state index contributed by atoms with van der Waals surface area (Å²) < 4.78 is 0. The van der Waals surface area contributed by atoms with Gasteiger partial charge in [-0.2, -0.15) is 0 Å². The average molecular weight is 333 g/mol. The summed E-state index contributed by atoms with van der Waals surface area (Å²) in [6.07, 6.45) is 4.92. The van der Waals surface area contributed by atoms with Crippen molar-refractivity contribution in [3.05, 3.63) is 65.4 Å². The first-order valence-corrected chi connectivity index (χ1v) is 9.03. The van der Waals surface area contributed by atoms with Gasteiger partial charge in [0.1, 0.15) is 5.76 Å². The van der Waals surface area contributed by atoms with Crippen molar-refractivity contribution >= 4 is 11.5 Å². The van der Waals surface area contributed by atoms with Crippen LogP contribution >= 0.6 is 0 Å². The zero-order valence-electron chi connectivity index (χ0n) is 14.5. The van der Waals surface area contributed by atoms with Crippen LogP contribution < -0.4 is 5.32 Å². The van der Waals surface area contributed by atoms with Crippen molar-refractivity contribution < 1.29 is 9.90 Å². The minimum absolute atomic E-state index is 0.144. The second-order valence-corrected chi connectivity index (χ2v) is 7.22. The number of carbonyl (C=O) groups is 1. The highest BCUT2D eigenvalue weighted by Crippen LogP contribution is 2.42. The van der Waals surface area contributed by atoms with E-state index in [9.17, 15) is 9.90 Å². The number of amides is 1. The lowest BCUT2D eigenvalue weighted by molar-refractivity contribution is -0.116. The predicted octanol–water partition coefficient (Wildman–Crippen LogP) is 4.76. The molecule has 1 saturated carbocycles. The van der Waals surface area contributed by atoms with Crippen molar-refractivity contribution in [2.75, 3.05) is 0 Å². The predicted molar refractivity (Wildman–Crippen MR) is 100 cm³/mol. The van der Waals surface area contributed by atoms with E-state index in [0.29, 0.717) is 5.57 Å². The Labute approximate surface area is 148 Å². The Morgan fingerprint density at radius 2 is 1.68 bits per heavy atom. The molecule has 1 aliphatic heterocycles. The number of hydrogen-bond donors (Lipinski definition) is 2. The number of carbonyl (C=O) groups excluding carboxylic acids is 1. The first kappa shape index (κ1) is 15.9. The third kappa shape index (κ3) is 2.64. The van der Waals surface area contributed by atoms with E-state index in [1.807, 2.05) is 37.3 Å². The molecule has 3 heteroatoms. The molecule has 2 aliphatic rings. The SMILES string of the molecule is Cc1cc(-c2ccccc2)ccc1C1=C(O)C2(CCCCC2)NC1=O. The molecule has 128 valence electrons. The molecule has 2 aromatic rings. The summed E-state index contributed by atoms with van der Waals surface area (Å²) in [7, 11) is 0. The van der Waals surface area contributed by atoms with Crippen LogP contribution in [0, 0.1) is 6.92 Å². The van der Waals surface area contributed by atoms with Crippen LogP contribution in [-0.2, 0) is 4.79 Å². The molecule has 0 bridgehead atoms. The van der Waals surface area contributed by atoms with Crippen LogP contribution in [0.1, 0.15) is 43.2 Å². The summed E-state index contributed by atoms with van der Waals surface area (Å²) in [5.74, 6) is 0.0997. The lowest BCUT2D eigenvalue weighted by Gasteiger charge is -2.33. The quantitative estimate of drug-likeness (QED) is 0.832. The third-order valence-electron chi connectivity index (χ3n) is 5.58. The fourth-order valence-electron chi connectivity index (χ4n) is 4.21. The van der Waals surface area contributed by atoms with Crippen LogP contribution in [-0.4, -0.2) is 16.6 Å². The highest BCUT2D eigenvalue weighted by Gasteiger charge is 2.46. The Hall–Kier alpha value is -2.55. The summed E-state index contributed by atoms with van der Waals surface area (Å²) in [4.78, 5) is 12.6. The van der Waals surface area contributed by atoms with Crippen LogP contribution in [0.15, 0.2) is 54.3 Å². The summed E-state index contributed by atoms with van der Waals surface area (Å²) >= 11 is 0. The van der Waals surface area contributed by atoms with Gasteiger partial charge >= 0.3 is 0 Å². The van der Waals surface area contributed by atoms with Crippen molar-refractivity contribution in [2.24, 2.45) is 0 Å². The van der Waals surface area contributed by atoms with Gasteiger partial charge in [0.2, 0.25) is 0 Å². The van der Waals surface area contributed by atoms with Gasteiger partial charge < -0.3 is 10.4 Å². The van der Waals surface area contributed by atoms with Crippen LogP contribution in [0.3, 0.4) is 0 Å². The molecule has 4 rings (SSSR count).